The summed E-state index contributed by atoms with van der Waals surface area (Å²) < 4.78 is 5.28. The van der Waals surface area contributed by atoms with E-state index < -0.39 is 0 Å². The number of rotatable bonds is 6. The molecule has 2 aliphatic rings. The molecular formula is C23H33N5O2. The van der Waals surface area contributed by atoms with Crippen molar-refractivity contribution in [3.05, 3.63) is 47.6 Å². The van der Waals surface area contributed by atoms with Crippen molar-refractivity contribution in [3.63, 3.8) is 0 Å². The molecule has 0 aromatic carbocycles. The monoisotopic (exact) mass is 411 g/mol. The van der Waals surface area contributed by atoms with Crippen LogP contribution in [-0.2, 0) is 17.9 Å². The van der Waals surface area contributed by atoms with Gasteiger partial charge < -0.3 is 9.42 Å². The highest BCUT2D eigenvalue weighted by atomic mass is 16.5. The van der Waals surface area contributed by atoms with Crippen LogP contribution in [0, 0.1) is 12.8 Å². The van der Waals surface area contributed by atoms with Gasteiger partial charge in [-0.3, -0.25) is 19.6 Å². The van der Waals surface area contributed by atoms with E-state index in [4.69, 9.17) is 4.52 Å². The SMILES string of the molecule is Cc1cc(CN(C)C(=O)[C@H]2CCCN(C3CCN(Cc4cccnc4)CC3)C2)on1. The van der Waals surface area contributed by atoms with Crippen LogP contribution in [-0.4, -0.2) is 70.0 Å². The van der Waals surface area contributed by atoms with Gasteiger partial charge in [0.1, 0.15) is 0 Å². The molecule has 0 radical (unpaired) electrons. The summed E-state index contributed by atoms with van der Waals surface area (Å²) in [7, 11) is 1.87. The maximum Gasteiger partial charge on any atom is 0.227 e. The van der Waals surface area contributed by atoms with Gasteiger partial charge in [-0.25, -0.2) is 0 Å². The van der Waals surface area contributed by atoms with Crippen LogP contribution in [0.4, 0.5) is 0 Å². The Kier molecular flexibility index (Phi) is 6.79. The number of pyridine rings is 1. The summed E-state index contributed by atoms with van der Waals surface area (Å²) >= 11 is 0. The van der Waals surface area contributed by atoms with Crippen LogP contribution in [0.3, 0.4) is 0 Å². The number of aromatic nitrogens is 2. The van der Waals surface area contributed by atoms with Gasteiger partial charge in [0, 0.05) is 44.6 Å². The number of carbonyl (C=O) groups is 1. The molecule has 4 rings (SSSR count). The number of piperidine rings is 2. The Bertz CT molecular complexity index is 816. The van der Waals surface area contributed by atoms with Crippen LogP contribution in [0.15, 0.2) is 35.1 Å². The number of likely N-dealkylation sites (tertiary alicyclic amines) is 2. The van der Waals surface area contributed by atoms with E-state index in [1.54, 1.807) is 4.90 Å². The van der Waals surface area contributed by atoms with E-state index in [0.717, 1.165) is 57.0 Å². The summed E-state index contributed by atoms with van der Waals surface area (Å²) in [6, 6.07) is 6.65. The van der Waals surface area contributed by atoms with Gasteiger partial charge in [0.2, 0.25) is 5.91 Å². The first-order chi connectivity index (χ1) is 14.6. The maximum atomic E-state index is 13.0. The third kappa shape index (κ3) is 5.26. The Hall–Kier alpha value is -2.25. The molecule has 2 aromatic rings. The van der Waals surface area contributed by atoms with Crippen molar-refractivity contribution in [1.82, 2.24) is 24.8 Å². The lowest BCUT2D eigenvalue weighted by molar-refractivity contribution is -0.137. The number of carbonyl (C=O) groups excluding carboxylic acids is 1. The third-order valence-corrected chi connectivity index (χ3v) is 6.45. The Morgan fingerprint density at radius 3 is 2.80 bits per heavy atom. The Labute approximate surface area is 179 Å². The molecule has 2 fully saturated rings. The molecule has 0 spiro atoms. The van der Waals surface area contributed by atoms with Gasteiger partial charge in [-0.05, 0) is 63.9 Å². The predicted octanol–water partition coefficient (Wildman–Crippen LogP) is 2.71. The van der Waals surface area contributed by atoms with Crippen LogP contribution < -0.4 is 0 Å². The minimum Gasteiger partial charge on any atom is -0.359 e. The number of nitrogens with zero attached hydrogens (tertiary/aromatic N) is 5. The lowest BCUT2D eigenvalue weighted by Gasteiger charge is -2.42. The lowest BCUT2D eigenvalue weighted by Crippen LogP contribution is -2.50. The van der Waals surface area contributed by atoms with Crippen LogP contribution >= 0.6 is 0 Å². The maximum absolute atomic E-state index is 13.0. The molecular weight excluding hydrogens is 378 g/mol. The molecule has 4 heterocycles. The molecule has 2 aliphatic heterocycles. The second-order valence-corrected chi connectivity index (χ2v) is 8.83. The van der Waals surface area contributed by atoms with E-state index >= 15 is 0 Å². The largest absolute Gasteiger partial charge is 0.359 e. The first-order valence-electron chi connectivity index (χ1n) is 11.1. The molecule has 7 nitrogen and oxygen atoms in total. The smallest absolute Gasteiger partial charge is 0.227 e. The normalized spacial score (nSPS) is 21.6. The number of hydrogen-bond acceptors (Lipinski definition) is 6. The summed E-state index contributed by atoms with van der Waals surface area (Å²) in [5.41, 5.74) is 2.13. The van der Waals surface area contributed by atoms with E-state index in [1.807, 2.05) is 38.5 Å². The molecule has 2 aromatic heterocycles. The zero-order chi connectivity index (χ0) is 20.9. The van der Waals surface area contributed by atoms with Crippen molar-refractivity contribution >= 4 is 5.91 Å². The molecule has 0 unspecified atom stereocenters. The van der Waals surface area contributed by atoms with Gasteiger partial charge in [-0.1, -0.05) is 11.2 Å². The summed E-state index contributed by atoms with van der Waals surface area (Å²) in [4.78, 5) is 24.1. The number of hydrogen-bond donors (Lipinski definition) is 0. The van der Waals surface area contributed by atoms with Gasteiger partial charge in [0.25, 0.3) is 0 Å². The fourth-order valence-electron chi connectivity index (χ4n) is 4.85. The average Bonchev–Trinajstić information content (AvgIpc) is 3.19. The van der Waals surface area contributed by atoms with E-state index in [-0.39, 0.29) is 11.8 Å². The van der Waals surface area contributed by atoms with Crippen molar-refractivity contribution in [2.75, 3.05) is 33.2 Å². The van der Waals surface area contributed by atoms with Crippen molar-refractivity contribution < 1.29 is 9.32 Å². The Morgan fingerprint density at radius 1 is 1.27 bits per heavy atom. The van der Waals surface area contributed by atoms with Crippen molar-refractivity contribution in [3.8, 4) is 0 Å². The molecule has 1 amide bonds. The van der Waals surface area contributed by atoms with Crippen LogP contribution in [0.25, 0.3) is 0 Å². The van der Waals surface area contributed by atoms with Crippen LogP contribution in [0.5, 0.6) is 0 Å². The van der Waals surface area contributed by atoms with Gasteiger partial charge in [0.15, 0.2) is 5.76 Å². The number of amides is 1. The standard InChI is InChI=1S/C23H33N5O2/c1-18-13-22(30-25-18)17-26(2)23(29)20-6-4-10-28(16-20)21-7-11-27(12-8-21)15-19-5-3-9-24-14-19/h3,5,9,13-14,20-21H,4,6-8,10-12,15-17H2,1-2H3/t20-/m0/s1. The van der Waals surface area contributed by atoms with Crippen LogP contribution in [0.2, 0.25) is 0 Å². The molecule has 30 heavy (non-hydrogen) atoms. The second-order valence-electron chi connectivity index (χ2n) is 8.83. The Balaban J connectivity index is 1.26. The molecule has 0 saturated carbocycles. The molecule has 0 bridgehead atoms. The minimum atomic E-state index is 0.0844. The fourth-order valence-corrected chi connectivity index (χ4v) is 4.85. The van der Waals surface area contributed by atoms with E-state index in [9.17, 15) is 4.79 Å². The quantitative estimate of drug-likeness (QED) is 0.728. The highest BCUT2D eigenvalue weighted by Crippen LogP contribution is 2.26. The van der Waals surface area contributed by atoms with E-state index in [2.05, 4.69) is 26.0 Å². The van der Waals surface area contributed by atoms with E-state index in [1.165, 1.54) is 18.4 Å². The summed E-state index contributed by atoms with van der Waals surface area (Å²) in [6.07, 6.45) is 8.22. The summed E-state index contributed by atoms with van der Waals surface area (Å²) in [5, 5.41) is 3.92. The third-order valence-electron chi connectivity index (χ3n) is 6.45. The van der Waals surface area contributed by atoms with Gasteiger partial charge in [0.05, 0.1) is 18.2 Å². The highest BCUT2D eigenvalue weighted by molar-refractivity contribution is 5.78. The molecule has 0 N–H and O–H groups in total. The second kappa shape index (κ2) is 9.71. The van der Waals surface area contributed by atoms with Gasteiger partial charge in [-0.2, -0.15) is 0 Å². The zero-order valence-electron chi connectivity index (χ0n) is 18.2. The number of aryl methyl sites for hydroxylation is 1. The minimum absolute atomic E-state index is 0.0844. The van der Waals surface area contributed by atoms with E-state index in [0.29, 0.717) is 12.6 Å². The van der Waals surface area contributed by atoms with Gasteiger partial charge >= 0.3 is 0 Å². The molecule has 1 atom stereocenters. The van der Waals surface area contributed by atoms with Crippen molar-refractivity contribution in [2.45, 2.75) is 51.7 Å². The fraction of sp³-hybridized carbons (Fsp3) is 0.609. The molecule has 0 aliphatic carbocycles. The first-order valence-corrected chi connectivity index (χ1v) is 11.1. The summed E-state index contributed by atoms with van der Waals surface area (Å²) in [5.74, 6) is 1.06. The topological polar surface area (TPSA) is 65.7 Å². The zero-order valence-corrected chi connectivity index (χ0v) is 18.2. The molecule has 162 valence electrons. The Morgan fingerprint density at radius 2 is 2.10 bits per heavy atom. The first kappa shape index (κ1) is 21.0. The van der Waals surface area contributed by atoms with Gasteiger partial charge in [-0.15, -0.1) is 0 Å². The predicted molar refractivity (Wildman–Crippen MR) is 115 cm³/mol. The highest BCUT2D eigenvalue weighted by Gasteiger charge is 2.33. The van der Waals surface area contributed by atoms with Crippen molar-refractivity contribution in [1.29, 1.82) is 0 Å². The lowest BCUT2D eigenvalue weighted by atomic mass is 9.93. The average molecular weight is 412 g/mol. The molecule has 2 saturated heterocycles. The summed E-state index contributed by atoms with van der Waals surface area (Å²) in [6.45, 7) is 7.58. The van der Waals surface area contributed by atoms with Crippen molar-refractivity contribution in [2.24, 2.45) is 5.92 Å². The van der Waals surface area contributed by atoms with Crippen LogP contribution in [0.1, 0.15) is 42.7 Å². The molecule has 7 heteroatoms.